The van der Waals surface area contributed by atoms with Gasteiger partial charge in [0.15, 0.2) is 0 Å². The first-order valence-corrected chi connectivity index (χ1v) is 7.77. The Morgan fingerprint density at radius 2 is 2.00 bits per heavy atom. The van der Waals surface area contributed by atoms with E-state index in [9.17, 15) is 0 Å². The van der Waals surface area contributed by atoms with Gasteiger partial charge in [0.2, 0.25) is 0 Å². The molecule has 21 heavy (non-hydrogen) atoms. The summed E-state index contributed by atoms with van der Waals surface area (Å²) in [4.78, 5) is 6.97. The molecule has 0 bridgehead atoms. The molecule has 1 aromatic carbocycles. The first kappa shape index (κ1) is 14.4. The number of morpholine rings is 1. The van der Waals surface area contributed by atoms with E-state index in [2.05, 4.69) is 39.5 Å². The van der Waals surface area contributed by atoms with Crippen molar-refractivity contribution in [3.63, 3.8) is 0 Å². The third-order valence-electron chi connectivity index (χ3n) is 3.96. The van der Waals surface area contributed by atoms with Crippen molar-refractivity contribution in [3.05, 3.63) is 42.1 Å². The lowest BCUT2D eigenvalue weighted by Gasteiger charge is -2.26. The molecule has 4 nitrogen and oxygen atoms in total. The first-order valence-electron chi connectivity index (χ1n) is 7.77. The van der Waals surface area contributed by atoms with Crippen LogP contribution in [0, 0.1) is 0 Å². The number of nitrogens with one attached hydrogen (secondary N) is 1. The zero-order chi connectivity index (χ0) is 14.3. The zero-order valence-corrected chi connectivity index (χ0v) is 12.4. The van der Waals surface area contributed by atoms with Crippen molar-refractivity contribution in [1.29, 1.82) is 0 Å². The highest BCUT2D eigenvalue weighted by Crippen LogP contribution is 2.15. The molecule has 0 aliphatic carbocycles. The molecule has 1 aliphatic heterocycles. The standard InChI is InChI=1S/C17H23N3O/c1-4-15-6-2-8-19-17(15)16(5-1)14-18-7-3-9-20-10-12-21-13-11-20/h1-2,4-6,8,18H,3,7,9-14H2. The summed E-state index contributed by atoms with van der Waals surface area (Å²) in [7, 11) is 0. The lowest BCUT2D eigenvalue weighted by molar-refractivity contribution is 0.0374. The monoisotopic (exact) mass is 285 g/mol. The number of para-hydroxylation sites is 1. The fraction of sp³-hybridized carbons (Fsp3) is 0.471. The van der Waals surface area contributed by atoms with E-state index < -0.39 is 0 Å². The molecule has 1 saturated heterocycles. The second-order valence-electron chi connectivity index (χ2n) is 5.48. The van der Waals surface area contributed by atoms with Crippen LogP contribution >= 0.6 is 0 Å². The van der Waals surface area contributed by atoms with Crippen LogP contribution in [-0.4, -0.2) is 49.3 Å². The predicted molar refractivity (Wildman–Crippen MR) is 85.3 cm³/mol. The van der Waals surface area contributed by atoms with Crippen LogP contribution < -0.4 is 5.32 Å². The Hall–Kier alpha value is -1.49. The number of rotatable bonds is 6. The highest BCUT2D eigenvalue weighted by Gasteiger charge is 2.09. The van der Waals surface area contributed by atoms with Gasteiger partial charge in [-0.05, 0) is 31.1 Å². The summed E-state index contributed by atoms with van der Waals surface area (Å²) in [6.07, 6.45) is 3.04. The van der Waals surface area contributed by atoms with Gasteiger partial charge in [-0.25, -0.2) is 0 Å². The van der Waals surface area contributed by atoms with Gasteiger partial charge in [-0.2, -0.15) is 0 Å². The minimum absolute atomic E-state index is 0.884. The van der Waals surface area contributed by atoms with Crippen LogP contribution in [0.2, 0.25) is 0 Å². The Balaban J connectivity index is 1.44. The molecular formula is C17H23N3O. The summed E-state index contributed by atoms with van der Waals surface area (Å²) in [5.41, 5.74) is 2.39. The molecule has 0 saturated carbocycles. The number of hydrogen-bond acceptors (Lipinski definition) is 4. The van der Waals surface area contributed by atoms with Crippen molar-refractivity contribution in [2.45, 2.75) is 13.0 Å². The second kappa shape index (κ2) is 7.50. The van der Waals surface area contributed by atoms with Crippen molar-refractivity contribution in [2.24, 2.45) is 0 Å². The average molecular weight is 285 g/mol. The normalized spacial score (nSPS) is 16.4. The fourth-order valence-corrected chi connectivity index (χ4v) is 2.79. The van der Waals surface area contributed by atoms with Crippen LogP contribution in [0.3, 0.4) is 0 Å². The van der Waals surface area contributed by atoms with Gasteiger partial charge in [0.1, 0.15) is 0 Å². The zero-order valence-electron chi connectivity index (χ0n) is 12.4. The Kier molecular flexibility index (Phi) is 5.16. The highest BCUT2D eigenvalue weighted by molar-refractivity contribution is 5.81. The molecule has 1 aromatic heterocycles. The van der Waals surface area contributed by atoms with E-state index >= 15 is 0 Å². The van der Waals surface area contributed by atoms with Gasteiger partial charge in [-0.15, -0.1) is 0 Å². The Morgan fingerprint density at radius 1 is 1.14 bits per heavy atom. The molecule has 3 rings (SSSR count). The van der Waals surface area contributed by atoms with Crippen LogP contribution in [0.1, 0.15) is 12.0 Å². The molecular weight excluding hydrogens is 262 g/mol. The van der Waals surface area contributed by atoms with Crippen LogP contribution in [-0.2, 0) is 11.3 Å². The summed E-state index contributed by atoms with van der Waals surface area (Å²) < 4.78 is 5.36. The average Bonchev–Trinajstić information content (AvgIpc) is 2.56. The first-order chi connectivity index (χ1) is 10.4. The van der Waals surface area contributed by atoms with E-state index in [-0.39, 0.29) is 0 Å². The molecule has 1 N–H and O–H groups in total. The van der Waals surface area contributed by atoms with E-state index in [1.807, 2.05) is 12.3 Å². The summed E-state index contributed by atoms with van der Waals surface area (Å²) in [6.45, 7) is 7.01. The molecule has 2 aromatic rings. The minimum Gasteiger partial charge on any atom is -0.379 e. The molecule has 0 amide bonds. The Labute approximate surface area is 126 Å². The van der Waals surface area contributed by atoms with Gasteiger partial charge in [-0.3, -0.25) is 9.88 Å². The molecule has 112 valence electrons. The number of fused-ring (bicyclic) bond motifs is 1. The Bertz CT molecular complexity index is 561. The van der Waals surface area contributed by atoms with Gasteiger partial charge in [0, 0.05) is 31.2 Å². The molecule has 1 aliphatic rings. The smallest absolute Gasteiger partial charge is 0.0746 e. The van der Waals surface area contributed by atoms with Crippen LogP contribution in [0.5, 0.6) is 0 Å². The topological polar surface area (TPSA) is 37.4 Å². The maximum Gasteiger partial charge on any atom is 0.0746 e. The number of pyridine rings is 1. The van der Waals surface area contributed by atoms with E-state index in [1.165, 1.54) is 17.4 Å². The predicted octanol–water partition coefficient (Wildman–Crippen LogP) is 2.05. The summed E-state index contributed by atoms with van der Waals surface area (Å²) in [5, 5.41) is 4.75. The van der Waals surface area contributed by atoms with Gasteiger partial charge in [-0.1, -0.05) is 24.3 Å². The van der Waals surface area contributed by atoms with E-state index in [0.29, 0.717) is 0 Å². The molecule has 1 fully saturated rings. The fourth-order valence-electron chi connectivity index (χ4n) is 2.79. The minimum atomic E-state index is 0.884. The number of aromatic nitrogens is 1. The maximum atomic E-state index is 5.36. The summed E-state index contributed by atoms with van der Waals surface area (Å²) in [6, 6.07) is 10.5. The van der Waals surface area contributed by atoms with Crippen LogP contribution in [0.25, 0.3) is 10.9 Å². The van der Waals surface area contributed by atoms with Gasteiger partial charge in [0.05, 0.1) is 18.7 Å². The lowest BCUT2D eigenvalue weighted by atomic mass is 10.1. The van der Waals surface area contributed by atoms with E-state index in [1.54, 1.807) is 0 Å². The summed E-state index contributed by atoms with van der Waals surface area (Å²) in [5.74, 6) is 0. The molecule has 0 radical (unpaired) electrons. The third kappa shape index (κ3) is 4.00. The third-order valence-corrected chi connectivity index (χ3v) is 3.96. The molecule has 4 heteroatoms. The van der Waals surface area contributed by atoms with Crippen molar-refractivity contribution in [2.75, 3.05) is 39.4 Å². The molecule has 2 heterocycles. The molecule has 0 spiro atoms. The maximum absolute atomic E-state index is 5.36. The van der Waals surface area contributed by atoms with Crippen molar-refractivity contribution in [3.8, 4) is 0 Å². The van der Waals surface area contributed by atoms with Gasteiger partial charge < -0.3 is 10.1 Å². The van der Waals surface area contributed by atoms with Crippen molar-refractivity contribution < 1.29 is 4.74 Å². The number of ether oxygens (including phenoxy) is 1. The number of nitrogens with zero attached hydrogens (tertiary/aromatic N) is 2. The SMILES string of the molecule is c1cnc2c(CNCCCN3CCOCC3)cccc2c1. The van der Waals surface area contributed by atoms with Crippen molar-refractivity contribution >= 4 is 10.9 Å². The number of hydrogen-bond donors (Lipinski definition) is 1. The van der Waals surface area contributed by atoms with Crippen LogP contribution in [0.4, 0.5) is 0 Å². The lowest BCUT2D eigenvalue weighted by Crippen LogP contribution is -2.37. The summed E-state index contributed by atoms with van der Waals surface area (Å²) >= 11 is 0. The number of benzene rings is 1. The van der Waals surface area contributed by atoms with Crippen molar-refractivity contribution in [1.82, 2.24) is 15.2 Å². The quantitative estimate of drug-likeness (QED) is 0.824. The molecule has 0 atom stereocenters. The van der Waals surface area contributed by atoms with E-state index in [0.717, 1.165) is 51.5 Å². The van der Waals surface area contributed by atoms with Gasteiger partial charge >= 0.3 is 0 Å². The Morgan fingerprint density at radius 3 is 2.90 bits per heavy atom. The van der Waals surface area contributed by atoms with E-state index in [4.69, 9.17) is 4.74 Å². The molecule has 0 unspecified atom stereocenters. The second-order valence-corrected chi connectivity index (χ2v) is 5.48. The van der Waals surface area contributed by atoms with Crippen LogP contribution in [0.15, 0.2) is 36.5 Å². The van der Waals surface area contributed by atoms with Gasteiger partial charge in [0.25, 0.3) is 0 Å². The largest absolute Gasteiger partial charge is 0.379 e. The highest BCUT2D eigenvalue weighted by atomic mass is 16.5.